The second kappa shape index (κ2) is 5.10. The lowest BCUT2D eigenvalue weighted by molar-refractivity contribution is -0.134. The van der Waals surface area contributed by atoms with Gasteiger partial charge in [-0.05, 0) is 31.0 Å². The van der Waals surface area contributed by atoms with Crippen molar-refractivity contribution in [3.63, 3.8) is 0 Å². The summed E-state index contributed by atoms with van der Waals surface area (Å²) in [5.41, 5.74) is 0.811. The molecule has 0 radical (unpaired) electrons. The molecule has 2 N–H and O–H groups in total. The van der Waals surface area contributed by atoms with Gasteiger partial charge < -0.3 is 0 Å². The summed E-state index contributed by atoms with van der Waals surface area (Å²) in [5.74, 6) is -0.983. The lowest BCUT2D eigenvalue weighted by atomic mass is 10.1. The Bertz CT molecular complexity index is 624. The molecular weight excluding hydrogens is 268 g/mol. The number of aryl methyl sites for hydroxylation is 1. The first-order chi connectivity index (χ1) is 8.88. The van der Waals surface area contributed by atoms with Crippen molar-refractivity contribution in [2.24, 2.45) is 0 Å². The van der Waals surface area contributed by atoms with Gasteiger partial charge in [0.05, 0.1) is 4.90 Å². The van der Waals surface area contributed by atoms with Crippen LogP contribution in [-0.2, 0) is 19.6 Å². The fraction of sp³-hybridized carbons (Fsp3) is 0.333. The smallest absolute Gasteiger partial charge is 0.244 e. The first-order valence-electron chi connectivity index (χ1n) is 5.81. The first kappa shape index (κ1) is 13.7. The van der Waals surface area contributed by atoms with Crippen molar-refractivity contribution in [1.82, 2.24) is 10.0 Å². The van der Waals surface area contributed by atoms with E-state index >= 15 is 0 Å². The van der Waals surface area contributed by atoms with Crippen molar-refractivity contribution in [1.29, 1.82) is 0 Å². The van der Waals surface area contributed by atoms with Crippen LogP contribution in [0, 0.1) is 6.92 Å². The number of carbonyl (C=O) groups excluding carboxylic acids is 2. The lowest BCUT2D eigenvalue weighted by Gasteiger charge is -2.21. The molecule has 6 nitrogen and oxygen atoms in total. The second-order valence-electron chi connectivity index (χ2n) is 4.44. The number of piperidine rings is 1. The van der Waals surface area contributed by atoms with Crippen molar-refractivity contribution in [3.8, 4) is 0 Å². The van der Waals surface area contributed by atoms with Crippen molar-refractivity contribution in [2.45, 2.75) is 30.7 Å². The minimum Gasteiger partial charge on any atom is -0.295 e. The van der Waals surface area contributed by atoms with Crippen LogP contribution in [-0.4, -0.2) is 26.3 Å². The topological polar surface area (TPSA) is 92.3 Å². The van der Waals surface area contributed by atoms with E-state index in [0.717, 1.165) is 5.56 Å². The van der Waals surface area contributed by atoms with Gasteiger partial charge in [-0.3, -0.25) is 14.9 Å². The molecule has 1 aromatic carbocycles. The normalized spacial score (nSPS) is 20.2. The highest BCUT2D eigenvalue weighted by Gasteiger charge is 2.30. The molecule has 0 aliphatic carbocycles. The molecule has 1 aliphatic heterocycles. The predicted octanol–water partition coefficient (Wildman–Crippen LogP) is 0.0785. The second-order valence-corrected chi connectivity index (χ2v) is 6.16. The summed E-state index contributed by atoms with van der Waals surface area (Å²) in [6.45, 7) is 1.78. The molecule has 1 saturated heterocycles. The van der Waals surface area contributed by atoms with E-state index in [1.165, 1.54) is 12.1 Å². The van der Waals surface area contributed by atoms with Crippen LogP contribution >= 0.6 is 0 Å². The van der Waals surface area contributed by atoms with Gasteiger partial charge in [-0.25, -0.2) is 8.42 Å². The molecule has 1 fully saturated rings. The van der Waals surface area contributed by atoms with Gasteiger partial charge in [0.1, 0.15) is 6.04 Å². The number of hydrogen-bond acceptors (Lipinski definition) is 4. The number of carbonyl (C=O) groups is 2. The third-order valence-electron chi connectivity index (χ3n) is 2.84. The number of benzene rings is 1. The van der Waals surface area contributed by atoms with Gasteiger partial charge >= 0.3 is 0 Å². The SMILES string of the molecule is Cc1cccc(S(=O)(=O)NC2CCC(=O)NC2=O)c1. The van der Waals surface area contributed by atoms with Gasteiger partial charge in [-0.1, -0.05) is 12.1 Å². The van der Waals surface area contributed by atoms with Gasteiger partial charge in [0.2, 0.25) is 21.8 Å². The zero-order valence-electron chi connectivity index (χ0n) is 10.3. The maximum absolute atomic E-state index is 12.1. The molecule has 1 heterocycles. The van der Waals surface area contributed by atoms with Crippen LogP contribution in [0.4, 0.5) is 0 Å². The van der Waals surface area contributed by atoms with Gasteiger partial charge in [-0.15, -0.1) is 0 Å². The van der Waals surface area contributed by atoms with Crippen LogP contribution in [0.3, 0.4) is 0 Å². The maximum atomic E-state index is 12.1. The summed E-state index contributed by atoms with van der Waals surface area (Å²) in [4.78, 5) is 22.6. The first-order valence-corrected chi connectivity index (χ1v) is 7.29. The average Bonchev–Trinajstić information content (AvgIpc) is 2.33. The summed E-state index contributed by atoms with van der Waals surface area (Å²) in [5, 5.41) is 2.11. The van der Waals surface area contributed by atoms with E-state index in [4.69, 9.17) is 0 Å². The molecule has 2 amide bonds. The third-order valence-corrected chi connectivity index (χ3v) is 4.31. The molecule has 1 unspecified atom stereocenters. The number of hydrogen-bond donors (Lipinski definition) is 2. The van der Waals surface area contributed by atoms with Gasteiger partial charge in [0.15, 0.2) is 0 Å². The fourth-order valence-corrected chi connectivity index (χ4v) is 3.18. The van der Waals surface area contributed by atoms with Gasteiger partial charge in [0, 0.05) is 6.42 Å². The number of sulfonamides is 1. The number of rotatable bonds is 3. The van der Waals surface area contributed by atoms with E-state index in [9.17, 15) is 18.0 Å². The van der Waals surface area contributed by atoms with E-state index in [-0.39, 0.29) is 23.6 Å². The Morgan fingerprint density at radius 1 is 1.32 bits per heavy atom. The minimum absolute atomic E-state index is 0.109. The highest BCUT2D eigenvalue weighted by Crippen LogP contribution is 2.13. The molecule has 0 spiro atoms. The van der Waals surface area contributed by atoms with Crippen LogP contribution in [0.1, 0.15) is 18.4 Å². The largest absolute Gasteiger partial charge is 0.295 e. The molecule has 0 saturated carbocycles. The zero-order chi connectivity index (χ0) is 14.0. The fourth-order valence-electron chi connectivity index (χ4n) is 1.84. The van der Waals surface area contributed by atoms with E-state index in [1.54, 1.807) is 19.1 Å². The number of nitrogens with one attached hydrogen (secondary N) is 2. The number of amides is 2. The molecule has 0 aromatic heterocycles. The van der Waals surface area contributed by atoms with E-state index in [0.29, 0.717) is 0 Å². The summed E-state index contributed by atoms with van der Waals surface area (Å²) in [7, 11) is -3.75. The molecule has 7 heteroatoms. The third kappa shape index (κ3) is 3.18. The molecule has 102 valence electrons. The molecule has 1 aliphatic rings. The molecule has 19 heavy (non-hydrogen) atoms. The summed E-state index contributed by atoms with van der Waals surface area (Å²) >= 11 is 0. The van der Waals surface area contributed by atoms with Crippen LogP contribution in [0.5, 0.6) is 0 Å². The van der Waals surface area contributed by atoms with Gasteiger partial charge in [-0.2, -0.15) is 4.72 Å². The maximum Gasteiger partial charge on any atom is 0.244 e. The Hall–Kier alpha value is -1.73. The van der Waals surface area contributed by atoms with Crippen LogP contribution in [0.15, 0.2) is 29.2 Å². The highest BCUT2D eigenvalue weighted by atomic mass is 32.2. The molecule has 0 bridgehead atoms. The van der Waals surface area contributed by atoms with Crippen molar-refractivity contribution >= 4 is 21.8 Å². The minimum atomic E-state index is -3.75. The van der Waals surface area contributed by atoms with Crippen molar-refractivity contribution in [2.75, 3.05) is 0 Å². The summed E-state index contributed by atoms with van der Waals surface area (Å²) in [6.07, 6.45) is 0.308. The summed E-state index contributed by atoms with van der Waals surface area (Å²) in [6, 6.07) is 5.50. The molecule has 2 rings (SSSR count). The van der Waals surface area contributed by atoms with E-state index in [2.05, 4.69) is 10.0 Å². The lowest BCUT2D eigenvalue weighted by Crippen LogP contribution is -2.52. The standard InChI is InChI=1S/C12H14N2O4S/c1-8-3-2-4-9(7-8)19(17,18)14-10-5-6-11(15)13-12(10)16/h2-4,7,10,14H,5-6H2,1H3,(H,13,15,16). The number of imide groups is 1. The Kier molecular flexibility index (Phi) is 3.68. The molecule has 1 atom stereocenters. The van der Waals surface area contributed by atoms with E-state index in [1.807, 2.05) is 0 Å². The average molecular weight is 282 g/mol. The Balaban J connectivity index is 2.18. The quantitative estimate of drug-likeness (QED) is 0.768. The Morgan fingerprint density at radius 2 is 2.05 bits per heavy atom. The van der Waals surface area contributed by atoms with E-state index < -0.39 is 22.0 Å². The van der Waals surface area contributed by atoms with Crippen molar-refractivity contribution < 1.29 is 18.0 Å². The predicted molar refractivity (Wildman–Crippen MR) is 67.7 cm³/mol. The van der Waals surface area contributed by atoms with Crippen LogP contribution in [0.2, 0.25) is 0 Å². The Morgan fingerprint density at radius 3 is 2.68 bits per heavy atom. The summed E-state index contributed by atoms with van der Waals surface area (Å²) < 4.78 is 26.5. The van der Waals surface area contributed by atoms with Gasteiger partial charge in [0.25, 0.3) is 0 Å². The monoisotopic (exact) mass is 282 g/mol. The Labute approximate surface area is 111 Å². The highest BCUT2D eigenvalue weighted by molar-refractivity contribution is 7.89. The zero-order valence-corrected chi connectivity index (χ0v) is 11.2. The van der Waals surface area contributed by atoms with Crippen LogP contribution < -0.4 is 10.0 Å². The molecule has 1 aromatic rings. The molecular formula is C12H14N2O4S. The van der Waals surface area contributed by atoms with Crippen molar-refractivity contribution in [3.05, 3.63) is 29.8 Å². The van der Waals surface area contributed by atoms with Crippen LogP contribution in [0.25, 0.3) is 0 Å².